The molecule has 4 rings (SSSR count). The van der Waals surface area contributed by atoms with Crippen molar-refractivity contribution < 1.29 is 18.3 Å². The molecule has 162 valence electrons. The second kappa shape index (κ2) is 10.1. The van der Waals surface area contributed by atoms with Crippen molar-refractivity contribution in [3.05, 3.63) is 53.6 Å². The predicted molar refractivity (Wildman–Crippen MR) is 123 cm³/mol. The molecule has 6 nitrogen and oxygen atoms in total. The molecule has 2 aliphatic rings. The number of nitrogens with one attached hydrogen (secondary N) is 2. The van der Waals surface area contributed by atoms with E-state index in [0.717, 1.165) is 36.0 Å². The topological polar surface area (TPSA) is 58.1 Å². The van der Waals surface area contributed by atoms with Gasteiger partial charge in [-0.3, -0.25) is 4.99 Å². The van der Waals surface area contributed by atoms with Crippen molar-refractivity contribution in [2.75, 3.05) is 38.4 Å². The zero-order valence-electron chi connectivity index (χ0n) is 16.7. The van der Waals surface area contributed by atoms with E-state index in [9.17, 15) is 8.78 Å². The molecular weight excluding hydrogens is 505 g/mol. The Kier molecular flexibility index (Phi) is 7.57. The van der Waals surface area contributed by atoms with Crippen molar-refractivity contribution in [2.24, 2.45) is 4.99 Å². The minimum atomic E-state index is -0.563. The van der Waals surface area contributed by atoms with Crippen LogP contribution in [0.4, 0.5) is 14.5 Å². The number of anilines is 1. The lowest BCUT2D eigenvalue weighted by Gasteiger charge is -2.21. The number of aliphatic imine (C=N–C) groups is 1. The van der Waals surface area contributed by atoms with Gasteiger partial charge in [-0.05, 0) is 42.7 Å². The van der Waals surface area contributed by atoms with Gasteiger partial charge in [-0.15, -0.1) is 24.0 Å². The lowest BCUT2D eigenvalue weighted by molar-refractivity contribution is 0.174. The van der Waals surface area contributed by atoms with Gasteiger partial charge in [0.1, 0.15) is 11.6 Å². The van der Waals surface area contributed by atoms with E-state index in [0.29, 0.717) is 31.3 Å². The molecule has 0 saturated carbocycles. The Morgan fingerprint density at radius 3 is 2.80 bits per heavy atom. The molecule has 9 heteroatoms. The predicted octanol–water partition coefficient (Wildman–Crippen LogP) is 3.30. The van der Waals surface area contributed by atoms with Crippen LogP contribution in [-0.4, -0.2) is 45.5 Å². The highest BCUT2D eigenvalue weighted by Gasteiger charge is 2.25. The first kappa shape index (κ1) is 22.4. The maximum Gasteiger partial charge on any atom is 0.231 e. The molecule has 0 aromatic heterocycles. The number of hydrogen-bond acceptors (Lipinski definition) is 4. The lowest BCUT2D eigenvalue weighted by Crippen LogP contribution is -2.45. The third-order valence-electron chi connectivity index (χ3n) is 5.15. The van der Waals surface area contributed by atoms with E-state index >= 15 is 0 Å². The van der Waals surface area contributed by atoms with Crippen molar-refractivity contribution in [2.45, 2.75) is 18.9 Å². The number of nitrogens with zero attached hydrogens (tertiary/aromatic N) is 2. The molecule has 0 radical (unpaired) electrons. The molecule has 2 aromatic rings. The highest BCUT2D eigenvalue weighted by Crippen LogP contribution is 2.32. The van der Waals surface area contributed by atoms with E-state index in [1.807, 2.05) is 23.1 Å². The Morgan fingerprint density at radius 1 is 1.17 bits per heavy atom. The van der Waals surface area contributed by atoms with Gasteiger partial charge in [-0.1, -0.05) is 6.07 Å². The van der Waals surface area contributed by atoms with E-state index in [2.05, 4.69) is 15.6 Å². The molecule has 0 spiro atoms. The average molecular weight is 530 g/mol. The zero-order valence-corrected chi connectivity index (χ0v) is 19.0. The number of benzene rings is 2. The van der Waals surface area contributed by atoms with Crippen LogP contribution < -0.4 is 25.0 Å². The van der Waals surface area contributed by atoms with Crippen LogP contribution in [0, 0.1) is 11.6 Å². The Morgan fingerprint density at radius 2 is 2.00 bits per heavy atom. The zero-order chi connectivity index (χ0) is 20.2. The molecule has 2 N–H and O–H groups in total. The first-order chi connectivity index (χ1) is 14.1. The quantitative estimate of drug-likeness (QED) is 0.353. The van der Waals surface area contributed by atoms with Gasteiger partial charge < -0.3 is 25.0 Å². The fourth-order valence-electron chi connectivity index (χ4n) is 3.64. The molecule has 2 aliphatic heterocycles. The summed E-state index contributed by atoms with van der Waals surface area (Å²) in [5, 5.41) is 6.69. The van der Waals surface area contributed by atoms with Crippen molar-refractivity contribution in [1.82, 2.24) is 10.6 Å². The normalized spacial score (nSPS) is 17.6. The van der Waals surface area contributed by atoms with Gasteiger partial charge in [-0.25, -0.2) is 8.78 Å². The van der Waals surface area contributed by atoms with Gasteiger partial charge in [0.15, 0.2) is 17.5 Å². The molecule has 0 bridgehead atoms. The average Bonchev–Trinajstić information content (AvgIpc) is 3.36. The summed E-state index contributed by atoms with van der Waals surface area (Å²) < 4.78 is 37.9. The van der Waals surface area contributed by atoms with Gasteiger partial charge in [0.2, 0.25) is 6.79 Å². The van der Waals surface area contributed by atoms with Gasteiger partial charge >= 0.3 is 0 Å². The van der Waals surface area contributed by atoms with E-state index in [1.54, 1.807) is 7.05 Å². The molecule has 1 saturated heterocycles. The molecule has 1 unspecified atom stereocenters. The number of ether oxygens (including phenoxy) is 2. The highest BCUT2D eigenvalue weighted by molar-refractivity contribution is 14.0. The summed E-state index contributed by atoms with van der Waals surface area (Å²) in [4.78, 5) is 6.20. The molecule has 0 aliphatic carbocycles. The number of fused-ring (bicyclic) bond motifs is 1. The van der Waals surface area contributed by atoms with E-state index < -0.39 is 11.6 Å². The summed E-state index contributed by atoms with van der Waals surface area (Å²) in [6.45, 7) is 2.32. The number of guanidine groups is 1. The highest BCUT2D eigenvalue weighted by atomic mass is 127. The maximum absolute atomic E-state index is 14.0. The first-order valence-corrected chi connectivity index (χ1v) is 9.68. The molecule has 2 heterocycles. The fraction of sp³-hybridized carbons (Fsp3) is 0.381. The van der Waals surface area contributed by atoms with E-state index in [1.165, 1.54) is 12.1 Å². The Hall–Kier alpha value is -2.30. The molecule has 0 amide bonds. The minimum absolute atomic E-state index is 0. The summed E-state index contributed by atoms with van der Waals surface area (Å²) in [5.74, 6) is 1.17. The lowest BCUT2D eigenvalue weighted by atomic mass is 10.1. The van der Waals surface area contributed by atoms with Crippen molar-refractivity contribution in [3.63, 3.8) is 0 Å². The standard InChI is InChI=1S/C21H24F2N4O2.HI/c1-24-21(25-8-6-14-2-5-19-20(10-14)29-13-28-19)26-16-7-9-27(12-16)18-4-3-15(22)11-17(18)23;/h2-5,10-11,16H,6-9,12-13H2,1H3,(H2,24,25,26);1H. The second-order valence-corrected chi connectivity index (χ2v) is 7.11. The third kappa shape index (κ3) is 5.24. The summed E-state index contributed by atoms with van der Waals surface area (Å²) >= 11 is 0. The van der Waals surface area contributed by atoms with Crippen LogP contribution in [0.1, 0.15) is 12.0 Å². The Bertz CT molecular complexity index is 913. The van der Waals surface area contributed by atoms with Gasteiger partial charge in [0.25, 0.3) is 0 Å². The van der Waals surface area contributed by atoms with Crippen molar-refractivity contribution >= 4 is 35.6 Å². The SMILES string of the molecule is CN=C(NCCc1ccc2c(c1)OCO2)NC1CCN(c2ccc(F)cc2F)C1.I. The van der Waals surface area contributed by atoms with Crippen LogP contribution in [0.2, 0.25) is 0 Å². The first-order valence-electron chi connectivity index (χ1n) is 9.68. The smallest absolute Gasteiger partial charge is 0.231 e. The summed E-state index contributed by atoms with van der Waals surface area (Å²) in [7, 11) is 1.72. The van der Waals surface area contributed by atoms with Gasteiger partial charge in [-0.2, -0.15) is 0 Å². The molecule has 1 fully saturated rings. The third-order valence-corrected chi connectivity index (χ3v) is 5.15. The Labute approximate surface area is 191 Å². The maximum atomic E-state index is 14.0. The van der Waals surface area contributed by atoms with Crippen LogP contribution in [0.5, 0.6) is 11.5 Å². The summed E-state index contributed by atoms with van der Waals surface area (Å²) in [6, 6.07) is 9.78. The van der Waals surface area contributed by atoms with E-state index in [4.69, 9.17) is 9.47 Å². The van der Waals surface area contributed by atoms with Crippen LogP contribution in [0.25, 0.3) is 0 Å². The number of halogens is 3. The largest absolute Gasteiger partial charge is 0.454 e. The molecule has 1 atom stereocenters. The number of hydrogen-bond donors (Lipinski definition) is 2. The van der Waals surface area contributed by atoms with Crippen LogP contribution in [-0.2, 0) is 6.42 Å². The number of rotatable bonds is 5. The van der Waals surface area contributed by atoms with Crippen LogP contribution in [0.3, 0.4) is 0 Å². The minimum Gasteiger partial charge on any atom is -0.454 e. The van der Waals surface area contributed by atoms with E-state index in [-0.39, 0.29) is 36.8 Å². The van der Waals surface area contributed by atoms with Crippen molar-refractivity contribution in [3.8, 4) is 11.5 Å². The monoisotopic (exact) mass is 530 g/mol. The summed E-state index contributed by atoms with van der Waals surface area (Å²) in [5.41, 5.74) is 1.58. The second-order valence-electron chi connectivity index (χ2n) is 7.11. The van der Waals surface area contributed by atoms with Crippen LogP contribution >= 0.6 is 24.0 Å². The van der Waals surface area contributed by atoms with Gasteiger partial charge in [0, 0.05) is 38.8 Å². The molecule has 30 heavy (non-hydrogen) atoms. The molecular formula is C21H25F2IN4O2. The summed E-state index contributed by atoms with van der Waals surface area (Å²) in [6.07, 6.45) is 1.66. The van der Waals surface area contributed by atoms with Crippen LogP contribution in [0.15, 0.2) is 41.4 Å². The Balaban J connectivity index is 0.00000256. The molecule has 2 aromatic carbocycles. The fourth-order valence-corrected chi connectivity index (χ4v) is 3.64. The van der Waals surface area contributed by atoms with Crippen molar-refractivity contribution in [1.29, 1.82) is 0 Å². The van der Waals surface area contributed by atoms with Gasteiger partial charge in [0.05, 0.1) is 5.69 Å².